The summed E-state index contributed by atoms with van der Waals surface area (Å²) in [7, 11) is -8.84. The van der Waals surface area contributed by atoms with Crippen LogP contribution in [0.1, 0.15) is 0 Å². The van der Waals surface area contributed by atoms with Crippen LogP contribution in [0.15, 0.2) is 0 Å². The minimum atomic E-state index is -8.84. The van der Waals surface area contributed by atoms with Gasteiger partial charge in [-0.1, -0.05) is 0 Å². The first-order valence-electron chi connectivity index (χ1n) is 1.01. The first-order valence-corrected chi connectivity index (χ1v) is 7.06. The molecule has 0 aliphatic heterocycles. The second kappa shape index (κ2) is 0.916. The Balaban J connectivity index is 4.43. The summed E-state index contributed by atoms with van der Waals surface area (Å²) < 4.78 is 52.9. The zero-order valence-electron chi connectivity index (χ0n) is 2.88. The molecule has 0 aliphatic rings. The fourth-order valence-electron chi connectivity index (χ4n) is 0. The molecule has 2 radical (unpaired) electrons. The molecule has 0 aromatic heterocycles. The van der Waals surface area contributed by atoms with Crippen LogP contribution in [0, 0.1) is 0 Å². The molecule has 0 heterocycles. The van der Waals surface area contributed by atoms with Gasteiger partial charge in [0.25, 0.3) is 0 Å². The summed E-state index contributed by atoms with van der Waals surface area (Å²) in [5.74, 6) is 0. The third kappa shape index (κ3) is 245. The fourth-order valence-corrected chi connectivity index (χ4v) is 0. The van der Waals surface area contributed by atoms with E-state index in [1.807, 2.05) is 0 Å². The Labute approximate surface area is 48.3 Å². The van der Waals surface area contributed by atoms with Gasteiger partial charge in [0.2, 0.25) is 0 Å². The Kier molecular flexibility index (Phi) is 1.02. The zero-order chi connectivity index (χ0) is 6.41. The Bertz CT molecular complexity index is 66.6. The van der Waals surface area contributed by atoms with Crippen LogP contribution in [0.3, 0.4) is 0 Å². The third-order valence-electron chi connectivity index (χ3n) is 0. The quantitative estimate of drug-likeness (QED) is 0.454. The van der Waals surface area contributed by atoms with Crippen LogP contribution in [0.2, 0.25) is 0 Å². The number of hydrogen-bond donors (Lipinski definition) is 0. The van der Waals surface area contributed by atoms with E-state index in [9.17, 15) is 19.4 Å². The van der Waals surface area contributed by atoms with Crippen molar-refractivity contribution in [3.8, 4) is 0 Å². The van der Waals surface area contributed by atoms with Gasteiger partial charge in [-0.05, 0) is 0 Å². The predicted octanol–water partition coefficient (Wildman–Crippen LogP) is 2.10. The van der Waals surface area contributed by atoms with E-state index in [0.717, 1.165) is 0 Å². The molecule has 0 aromatic rings. The van der Waals surface area contributed by atoms with Crippen LogP contribution < -0.4 is 0 Å². The average Bonchev–Trinajstić information content (AvgIpc) is 0.592. The molecule has 0 atom stereocenters. The van der Waals surface area contributed by atoms with Gasteiger partial charge in [0.15, 0.2) is 0 Å². The van der Waals surface area contributed by atoms with Crippen molar-refractivity contribution in [2.24, 2.45) is 0 Å². The van der Waals surface area contributed by atoms with Crippen LogP contribution in [-0.4, -0.2) is 21.1 Å². The molecule has 0 amide bonds. The average molecular weight is 247 g/mol. The molecule has 0 nitrogen and oxygen atoms in total. The van der Waals surface area contributed by atoms with E-state index < -0.39 is 28.6 Å². The monoisotopic (exact) mass is 248 g/mol. The van der Waals surface area contributed by atoms with E-state index in [-0.39, 0.29) is 0 Å². The second-order valence-electron chi connectivity index (χ2n) is 1.03. The van der Waals surface area contributed by atoms with Gasteiger partial charge in [-0.25, -0.2) is 0 Å². The van der Waals surface area contributed by atoms with Crippen molar-refractivity contribution in [3.05, 3.63) is 0 Å². The molecule has 0 saturated carbocycles. The maximum atomic E-state index is 10.6. The molecule has 46 valence electrons. The summed E-state index contributed by atoms with van der Waals surface area (Å²) in [6.07, 6.45) is 0. The summed E-state index contributed by atoms with van der Waals surface area (Å²) in [5.41, 5.74) is 0. The summed E-state index contributed by atoms with van der Waals surface area (Å²) in [6.45, 7) is 0. The summed E-state index contributed by atoms with van der Waals surface area (Å²) in [5, 5.41) is 0. The van der Waals surface area contributed by atoms with Crippen LogP contribution in [0.4, 0.5) is 19.4 Å². The van der Waals surface area contributed by atoms with Gasteiger partial charge in [-0.3, -0.25) is 0 Å². The number of halogens is 5. The summed E-state index contributed by atoms with van der Waals surface area (Å²) in [6, 6.07) is 0. The predicted molar refractivity (Wildman–Crippen MR) is 20.3 cm³/mol. The normalized spacial score (nSPS) is 23.1. The molecule has 0 fully saturated rings. The molecule has 0 unspecified atom stereocenters. The molecule has 0 N–H and O–H groups in total. The van der Waals surface area contributed by atoms with E-state index in [1.165, 1.54) is 0 Å². The molecular weight excluding hydrogens is 246 g/mol. The van der Waals surface area contributed by atoms with Gasteiger partial charge < -0.3 is 0 Å². The van der Waals surface area contributed by atoms with E-state index in [1.54, 1.807) is 0 Å². The van der Waals surface area contributed by atoms with Crippen molar-refractivity contribution in [1.82, 2.24) is 0 Å². The molecule has 0 bridgehead atoms. The second-order valence-corrected chi connectivity index (χ2v) is 10.7. The first kappa shape index (κ1) is 7.80. The van der Waals surface area contributed by atoms with E-state index in [4.69, 9.17) is 0 Å². The minimum absolute atomic E-state index is 1.92. The standard InChI is InChI=1S/F5S.Sn.H/c1-6(2,3,4)5;;. The van der Waals surface area contributed by atoms with Crippen molar-refractivity contribution < 1.29 is 19.4 Å². The fraction of sp³-hybridized carbons (Fsp3) is 0. The van der Waals surface area contributed by atoms with Crippen molar-refractivity contribution >= 4 is 28.6 Å². The molecule has 7 heteroatoms. The SMILES string of the molecule is F[S](F)(F)(F)(F)[SnH]. The molecule has 0 saturated heterocycles. The van der Waals surface area contributed by atoms with Crippen LogP contribution >= 0.6 is 7.41 Å². The molecule has 0 aliphatic carbocycles. The van der Waals surface area contributed by atoms with Gasteiger partial charge in [-0.2, -0.15) is 0 Å². The van der Waals surface area contributed by atoms with Gasteiger partial charge in [0, 0.05) is 0 Å². The zero-order valence-corrected chi connectivity index (χ0v) is 6.99. The third-order valence-corrected chi connectivity index (χ3v) is 0. The number of rotatable bonds is 0. The Morgan fingerprint density at radius 1 is 0.857 bits per heavy atom. The molecule has 0 rings (SSSR count). The van der Waals surface area contributed by atoms with Crippen LogP contribution in [0.5, 0.6) is 0 Å². The van der Waals surface area contributed by atoms with Crippen molar-refractivity contribution in [1.29, 1.82) is 0 Å². The number of hydrogen-bond acceptors (Lipinski definition) is 0. The summed E-state index contributed by atoms with van der Waals surface area (Å²) in [4.78, 5) is 0. The van der Waals surface area contributed by atoms with Crippen LogP contribution in [0.25, 0.3) is 0 Å². The van der Waals surface area contributed by atoms with Crippen molar-refractivity contribution in [3.63, 3.8) is 0 Å². The van der Waals surface area contributed by atoms with Crippen LogP contribution in [-0.2, 0) is 0 Å². The first-order chi connectivity index (χ1) is 2.45. The summed E-state index contributed by atoms with van der Waals surface area (Å²) >= 11 is -1.92. The van der Waals surface area contributed by atoms with Gasteiger partial charge in [-0.15, -0.1) is 0 Å². The van der Waals surface area contributed by atoms with Crippen molar-refractivity contribution in [2.45, 2.75) is 0 Å². The molecule has 7 heavy (non-hydrogen) atoms. The van der Waals surface area contributed by atoms with Crippen molar-refractivity contribution in [2.75, 3.05) is 0 Å². The van der Waals surface area contributed by atoms with Gasteiger partial charge in [0.05, 0.1) is 0 Å². The van der Waals surface area contributed by atoms with E-state index >= 15 is 0 Å². The molecular formula is HF5SSn. The Morgan fingerprint density at radius 3 is 0.857 bits per heavy atom. The van der Waals surface area contributed by atoms with E-state index in [0.29, 0.717) is 0 Å². The topological polar surface area (TPSA) is 0 Å². The maximum absolute atomic E-state index is 10.6. The molecule has 0 aromatic carbocycles. The Hall–Kier alpha value is 0.799. The van der Waals surface area contributed by atoms with Gasteiger partial charge in [0.1, 0.15) is 0 Å². The van der Waals surface area contributed by atoms with Gasteiger partial charge >= 0.3 is 48.0 Å². The Morgan fingerprint density at radius 2 is 0.857 bits per heavy atom. The van der Waals surface area contributed by atoms with E-state index in [2.05, 4.69) is 0 Å². The molecule has 0 spiro atoms.